The largest absolute Gasteiger partial charge is 0.368 e. The van der Waals surface area contributed by atoms with E-state index in [0.29, 0.717) is 10.7 Å². The molecule has 0 aliphatic carbocycles. The number of hydrogen-bond donors (Lipinski definition) is 2. The topological polar surface area (TPSA) is 82.0 Å². The number of rotatable bonds is 3. The van der Waals surface area contributed by atoms with Crippen molar-refractivity contribution in [1.29, 1.82) is 0 Å². The maximum atomic E-state index is 10.6. The average Bonchev–Trinajstić information content (AvgIpc) is 2.08. The summed E-state index contributed by atoms with van der Waals surface area (Å²) in [5.74, 6) is -0.554. The van der Waals surface area contributed by atoms with Crippen LogP contribution in [-0.4, -0.2) is 16.9 Å². The Hall–Kier alpha value is -1.13. The molecule has 1 aromatic heterocycles. The van der Waals surface area contributed by atoms with Gasteiger partial charge >= 0.3 is 0 Å². The number of pyridine rings is 1. The van der Waals surface area contributed by atoms with Crippen molar-refractivity contribution < 1.29 is 4.79 Å². The lowest BCUT2D eigenvalue weighted by molar-refractivity contribution is -0.119. The molecular formula is C8H10ClN3O. The number of primary amides is 1. The number of aromatic nitrogens is 1. The first-order chi connectivity index (χ1) is 6.11. The monoisotopic (exact) mass is 199 g/mol. The van der Waals surface area contributed by atoms with Gasteiger partial charge in [-0.1, -0.05) is 11.6 Å². The van der Waals surface area contributed by atoms with Gasteiger partial charge in [0.05, 0.1) is 16.8 Å². The van der Waals surface area contributed by atoms with Crippen molar-refractivity contribution in [1.82, 2.24) is 4.98 Å². The summed E-state index contributed by atoms with van der Waals surface area (Å²) in [6.07, 6.45) is 1.87. The van der Waals surface area contributed by atoms with Crippen molar-refractivity contribution >= 4 is 17.5 Å². The molecule has 0 aliphatic rings. The zero-order valence-corrected chi connectivity index (χ0v) is 7.66. The van der Waals surface area contributed by atoms with Crippen LogP contribution in [-0.2, 0) is 11.2 Å². The first-order valence-electron chi connectivity index (χ1n) is 3.75. The zero-order valence-electron chi connectivity index (χ0n) is 6.90. The Morgan fingerprint density at radius 2 is 2.38 bits per heavy atom. The van der Waals surface area contributed by atoms with Gasteiger partial charge in [0.15, 0.2) is 0 Å². The second-order valence-electron chi connectivity index (χ2n) is 2.64. The normalized spacial score (nSPS) is 12.5. The molecule has 0 fully saturated rings. The molecule has 1 amide bonds. The number of nitrogens with zero attached hydrogens (tertiary/aromatic N) is 1. The molecule has 0 saturated heterocycles. The minimum atomic E-state index is -0.729. The molecule has 70 valence electrons. The van der Waals surface area contributed by atoms with Crippen LogP contribution in [0.2, 0.25) is 5.02 Å². The lowest BCUT2D eigenvalue weighted by atomic mass is 10.1. The summed E-state index contributed by atoms with van der Waals surface area (Å²) in [7, 11) is 0. The Balaban J connectivity index is 2.74. The fourth-order valence-corrected chi connectivity index (χ4v) is 1.08. The highest BCUT2D eigenvalue weighted by Crippen LogP contribution is 2.13. The summed E-state index contributed by atoms with van der Waals surface area (Å²) in [5.41, 5.74) is 11.0. The maximum Gasteiger partial charge on any atom is 0.234 e. The fourth-order valence-electron chi connectivity index (χ4n) is 0.877. The SMILES string of the molecule is NC(=O)C(N)Cc1ncccc1Cl. The van der Waals surface area contributed by atoms with E-state index in [0.717, 1.165) is 0 Å². The minimum absolute atomic E-state index is 0.273. The van der Waals surface area contributed by atoms with Gasteiger partial charge in [-0.2, -0.15) is 0 Å². The van der Waals surface area contributed by atoms with E-state index in [1.54, 1.807) is 18.3 Å². The first-order valence-corrected chi connectivity index (χ1v) is 4.13. The van der Waals surface area contributed by atoms with E-state index in [1.165, 1.54) is 0 Å². The lowest BCUT2D eigenvalue weighted by Gasteiger charge is -2.07. The lowest BCUT2D eigenvalue weighted by Crippen LogP contribution is -2.38. The van der Waals surface area contributed by atoms with Crippen LogP contribution in [0.15, 0.2) is 18.3 Å². The molecule has 5 heteroatoms. The summed E-state index contributed by atoms with van der Waals surface area (Å²) in [6.45, 7) is 0. The van der Waals surface area contributed by atoms with E-state index in [1.807, 2.05) is 0 Å². The Labute approximate surface area is 80.9 Å². The van der Waals surface area contributed by atoms with Crippen molar-refractivity contribution in [2.24, 2.45) is 11.5 Å². The Bertz CT molecular complexity index is 316. The van der Waals surface area contributed by atoms with Crippen LogP contribution < -0.4 is 11.5 Å². The van der Waals surface area contributed by atoms with Crippen LogP contribution in [0.3, 0.4) is 0 Å². The Morgan fingerprint density at radius 3 is 2.92 bits per heavy atom. The highest BCUT2D eigenvalue weighted by molar-refractivity contribution is 6.31. The highest BCUT2D eigenvalue weighted by Gasteiger charge is 2.12. The molecule has 13 heavy (non-hydrogen) atoms. The van der Waals surface area contributed by atoms with Crippen LogP contribution in [0.5, 0.6) is 0 Å². The van der Waals surface area contributed by atoms with Gasteiger partial charge in [-0.05, 0) is 12.1 Å². The van der Waals surface area contributed by atoms with Gasteiger partial charge in [0.2, 0.25) is 5.91 Å². The van der Waals surface area contributed by atoms with Gasteiger partial charge in [0.1, 0.15) is 0 Å². The van der Waals surface area contributed by atoms with Gasteiger partial charge in [0, 0.05) is 12.6 Å². The molecule has 4 N–H and O–H groups in total. The predicted octanol–water partition coefficient (Wildman–Crippen LogP) is 0.0901. The molecule has 0 spiro atoms. The van der Waals surface area contributed by atoms with Crippen LogP contribution in [0.4, 0.5) is 0 Å². The van der Waals surface area contributed by atoms with E-state index < -0.39 is 11.9 Å². The molecule has 0 aliphatic heterocycles. The standard InChI is InChI=1S/C8H10ClN3O/c9-5-2-1-3-12-7(5)4-6(10)8(11)13/h1-3,6H,4,10H2,(H2,11,13). The third-order valence-electron chi connectivity index (χ3n) is 1.61. The van der Waals surface area contributed by atoms with Crippen molar-refractivity contribution in [3.8, 4) is 0 Å². The van der Waals surface area contributed by atoms with Crippen LogP contribution in [0.25, 0.3) is 0 Å². The molecule has 0 radical (unpaired) electrons. The summed E-state index contributed by atoms with van der Waals surface area (Å²) in [6, 6.07) is 2.67. The van der Waals surface area contributed by atoms with Crippen LogP contribution in [0, 0.1) is 0 Å². The first kappa shape index (κ1) is 9.95. The number of nitrogens with two attached hydrogens (primary N) is 2. The quantitative estimate of drug-likeness (QED) is 0.724. The third kappa shape index (κ3) is 2.68. The molecule has 1 heterocycles. The molecular weight excluding hydrogens is 190 g/mol. The number of carbonyl (C=O) groups excluding carboxylic acids is 1. The molecule has 1 unspecified atom stereocenters. The summed E-state index contributed by atoms with van der Waals surface area (Å²) >= 11 is 5.80. The summed E-state index contributed by atoms with van der Waals surface area (Å²) in [4.78, 5) is 14.6. The highest BCUT2D eigenvalue weighted by atomic mass is 35.5. The van der Waals surface area contributed by atoms with E-state index >= 15 is 0 Å². The molecule has 4 nitrogen and oxygen atoms in total. The molecule has 1 atom stereocenters. The summed E-state index contributed by atoms with van der Waals surface area (Å²) < 4.78 is 0. The summed E-state index contributed by atoms with van der Waals surface area (Å²) in [5, 5.41) is 0.499. The molecule has 0 aromatic carbocycles. The van der Waals surface area contributed by atoms with Crippen molar-refractivity contribution in [3.63, 3.8) is 0 Å². The van der Waals surface area contributed by atoms with E-state index in [-0.39, 0.29) is 6.42 Å². The second-order valence-corrected chi connectivity index (χ2v) is 3.05. The van der Waals surface area contributed by atoms with Gasteiger partial charge < -0.3 is 11.5 Å². The molecule has 1 aromatic rings. The number of hydrogen-bond acceptors (Lipinski definition) is 3. The van der Waals surface area contributed by atoms with Crippen LogP contribution >= 0.6 is 11.6 Å². The molecule has 1 rings (SSSR count). The van der Waals surface area contributed by atoms with Crippen molar-refractivity contribution in [3.05, 3.63) is 29.0 Å². The van der Waals surface area contributed by atoms with E-state index in [4.69, 9.17) is 23.1 Å². The maximum absolute atomic E-state index is 10.6. The Kier molecular flexibility index (Phi) is 3.22. The number of amides is 1. The average molecular weight is 200 g/mol. The minimum Gasteiger partial charge on any atom is -0.368 e. The number of carbonyl (C=O) groups is 1. The zero-order chi connectivity index (χ0) is 9.84. The van der Waals surface area contributed by atoms with Crippen molar-refractivity contribution in [2.75, 3.05) is 0 Å². The smallest absolute Gasteiger partial charge is 0.234 e. The van der Waals surface area contributed by atoms with E-state index in [9.17, 15) is 4.79 Å². The second kappa shape index (κ2) is 4.20. The van der Waals surface area contributed by atoms with Gasteiger partial charge in [-0.25, -0.2) is 0 Å². The number of halogens is 1. The fraction of sp³-hybridized carbons (Fsp3) is 0.250. The van der Waals surface area contributed by atoms with E-state index in [2.05, 4.69) is 4.98 Å². The van der Waals surface area contributed by atoms with Crippen LogP contribution in [0.1, 0.15) is 5.69 Å². The predicted molar refractivity (Wildman–Crippen MR) is 50.1 cm³/mol. The molecule has 0 bridgehead atoms. The Morgan fingerprint density at radius 1 is 1.69 bits per heavy atom. The molecule has 0 saturated carbocycles. The van der Waals surface area contributed by atoms with Gasteiger partial charge in [-0.3, -0.25) is 9.78 Å². The van der Waals surface area contributed by atoms with Gasteiger partial charge in [-0.15, -0.1) is 0 Å². The van der Waals surface area contributed by atoms with Crippen molar-refractivity contribution in [2.45, 2.75) is 12.5 Å². The van der Waals surface area contributed by atoms with Gasteiger partial charge in [0.25, 0.3) is 0 Å². The third-order valence-corrected chi connectivity index (χ3v) is 1.96.